The van der Waals surface area contributed by atoms with Gasteiger partial charge >= 0.3 is 24.1 Å². The van der Waals surface area contributed by atoms with Crippen LogP contribution in [0.5, 0.6) is 0 Å². The van der Waals surface area contributed by atoms with Gasteiger partial charge in [0.25, 0.3) is 0 Å². The average Bonchev–Trinajstić information content (AvgIpc) is 3.38. The van der Waals surface area contributed by atoms with Gasteiger partial charge in [-0.2, -0.15) is 0 Å². The van der Waals surface area contributed by atoms with Crippen LogP contribution >= 0.6 is 0 Å². The zero-order valence-corrected chi connectivity index (χ0v) is 25.5. The Balaban J connectivity index is 1.56. The van der Waals surface area contributed by atoms with E-state index in [-0.39, 0.29) is 41.0 Å². The molecule has 0 heterocycles. The monoisotopic (exact) mass is 564 g/mol. The summed E-state index contributed by atoms with van der Waals surface area (Å²) in [5.41, 5.74) is 2.02. The number of hydrogen-bond donors (Lipinski definition) is 1. The molecule has 0 saturated heterocycles. The average molecular weight is 565 g/mol. The molecule has 1 unspecified atom stereocenters. The van der Waals surface area contributed by atoms with E-state index in [1.165, 1.54) is 0 Å². The lowest BCUT2D eigenvalue weighted by molar-refractivity contribution is -0.157. The summed E-state index contributed by atoms with van der Waals surface area (Å²) in [4.78, 5) is 52.6. The third-order valence-electron chi connectivity index (χ3n) is 11.9. The van der Waals surface area contributed by atoms with Crippen LogP contribution in [0.1, 0.15) is 100 Å². The third kappa shape index (κ3) is 4.83. The van der Waals surface area contributed by atoms with E-state index < -0.39 is 42.7 Å². The Morgan fingerprint density at radius 3 is 1.73 bits per heavy atom. The molecule has 10 nitrogen and oxygen atoms in total. The normalized spacial score (nSPS) is 35.1. The molecule has 1 N–H and O–H groups in total. The van der Waals surface area contributed by atoms with Crippen molar-refractivity contribution in [3.8, 4) is 0 Å². The van der Waals surface area contributed by atoms with Crippen molar-refractivity contribution in [1.82, 2.24) is 10.4 Å². The number of hydrogen-bond acceptors (Lipinski definition) is 8. The van der Waals surface area contributed by atoms with Gasteiger partial charge in [-0.15, -0.1) is 0 Å². The Morgan fingerprint density at radius 2 is 1.30 bits per heavy atom. The summed E-state index contributed by atoms with van der Waals surface area (Å²) in [5, 5.41) is 0.778. The van der Waals surface area contributed by atoms with Crippen molar-refractivity contribution in [1.29, 1.82) is 0 Å². The van der Waals surface area contributed by atoms with Crippen molar-refractivity contribution in [2.24, 2.45) is 33.5 Å². The summed E-state index contributed by atoms with van der Waals surface area (Å²) in [6, 6.07) is -1.48. The van der Waals surface area contributed by atoms with Gasteiger partial charge in [-0.1, -0.05) is 41.5 Å². The number of nitrogens with zero attached hydrogens (tertiary/aromatic N) is 1. The zero-order valence-electron chi connectivity index (χ0n) is 25.5. The van der Waals surface area contributed by atoms with Crippen LogP contribution in [-0.2, 0) is 28.5 Å². The molecule has 0 spiro atoms. The number of fused-ring (bicyclic) bond motifs is 4. The van der Waals surface area contributed by atoms with Gasteiger partial charge in [0.1, 0.15) is 12.2 Å². The van der Waals surface area contributed by atoms with Crippen molar-refractivity contribution in [3.05, 3.63) is 0 Å². The van der Waals surface area contributed by atoms with Crippen molar-refractivity contribution in [3.63, 3.8) is 0 Å². The van der Waals surface area contributed by atoms with Crippen LogP contribution in [-0.4, -0.2) is 60.6 Å². The molecule has 0 radical (unpaired) electrons. The second kappa shape index (κ2) is 10.7. The SMILES string of the molecule is CCOC(=O)CC(C(=O)OCC)N(NC(=O)O[C@@H]1C[C@H]2CC[C@]1(C)C2(C)C)C(=O)O[C@@H]1C[C@H]2CC[C@]1(C)C2(C)C. The van der Waals surface area contributed by atoms with Gasteiger partial charge in [0.2, 0.25) is 0 Å². The number of nitrogens with one attached hydrogen (secondary N) is 1. The Labute approximate surface area is 238 Å². The number of carbonyl (C=O) groups is 4. The van der Waals surface area contributed by atoms with Gasteiger partial charge < -0.3 is 18.9 Å². The second-order valence-electron chi connectivity index (χ2n) is 13.7. The summed E-state index contributed by atoms with van der Waals surface area (Å²) in [7, 11) is 0. The molecule has 7 atom stereocenters. The molecule has 0 aromatic rings. The van der Waals surface area contributed by atoms with Crippen LogP contribution in [0.2, 0.25) is 0 Å². The maximum atomic E-state index is 13.8. The molecule has 226 valence electrons. The smallest absolute Gasteiger partial charge is 0.429 e. The number of rotatable bonds is 8. The van der Waals surface area contributed by atoms with Crippen LogP contribution in [0.15, 0.2) is 0 Å². The topological polar surface area (TPSA) is 120 Å². The van der Waals surface area contributed by atoms with Gasteiger partial charge in [0, 0.05) is 10.8 Å². The van der Waals surface area contributed by atoms with E-state index in [0.717, 1.165) is 37.1 Å². The maximum absolute atomic E-state index is 13.8. The predicted octanol–water partition coefficient (Wildman–Crippen LogP) is 5.38. The van der Waals surface area contributed by atoms with Crippen LogP contribution in [0.25, 0.3) is 0 Å². The Bertz CT molecular complexity index is 1030. The number of amides is 2. The lowest BCUT2D eigenvalue weighted by Gasteiger charge is -2.40. The van der Waals surface area contributed by atoms with E-state index >= 15 is 0 Å². The molecule has 0 aromatic carbocycles. The molecule has 4 rings (SSSR count). The van der Waals surface area contributed by atoms with E-state index in [1.54, 1.807) is 13.8 Å². The highest BCUT2D eigenvalue weighted by molar-refractivity contribution is 5.87. The summed E-state index contributed by atoms with van der Waals surface area (Å²) in [6.45, 7) is 16.5. The number of carbonyl (C=O) groups excluding carboxylic acids is 4. The lowest BCUT2D eigenvalue weighted by Crippen LogP contribution is -2.58. The van der Waals surface area contributed by atoms with Gasteiger partial charge in [0.15, 0.2) is 6.04 Å². The van der Waals surface area contributed by atoms with E-state index in [4.69, 9.17) is 18.9 Å². The van der Waals surface area contributed by atoms with Gasteiger partial charge in [-0.05, 0) is 75.0 Å². The molecule has 4 aliphatic rings. The van der Waals surface area contributed by atoms with Crippen molar-refractivity contribution in [2.75, 3.05) is 13.2 Å². The molecule has 4 bridgehead atoms. The highest BCUT2D eigenvalue weighted by Crippen LogP contribution is 2.67. The lowest BCUT2D eigenvalue weighted by atomic mass is 9.70. The quantitative estimate of drug-likeness (QED) is 0.237. The highest BCUT2D eigenvalue weighted by Gasteiger charge is 2.64. The molecule has 4 saturated carbocycles. The van der Waals surface area contributed by atoms with E-state index in [2.05, 4.69) is 47.0 Å². The molecular formula is C30H48N2O8. The first kappa shape index (κ1) is 30.4. The van der Waals surface area contributed by atoms with Gasteiger partial charge in [0.05, 0.1) is 19.6 Å². The Morgan fingerprint density at radius 1 is 0.800 bits per heavy atom. The molecule has 4 aliphatic carbocycles. The van der Waals surface area contributed by atoms with Crippen molar-refractivity contribution >= 4 is 24.1 Å². The summed E-state index contributed by atoms with van der Waals surface area (Å²) in [5.74, 6) is -0.706. The molecule has 0 aromatic heterocycles. The first-order chi connectivity index (χ1) is 18.6. The predicted molar refractivity (Wildman–Crippen MR) is 146 cm³/mol. The molecule has 2 amide bonds. The number of esters is 2. The number of ether oxygens (including phenoxy) is 4. The fourth-order valence-corrected chi connectivity index (χ4v) is 8.20. The van der Waals surface area contributed by atoms with Crippen LogP contribution in [0.3, 0.4) is 0 Å². The van der Waals surface area contributed by atoms with Crippen LogP contribution < -0.4 is 5.43 Å². The zero-order chi connectivity index (χ0) is 29.7. The van der Waals surface area contributed by atoms with E-state index in [9.17, 15) is 19.2 Å². The minimum Gasteiger partial charge on any atom is -0.466 e. The minimum absolute atomic E-state index is 0.0119. The van der Waals surface area contributed by atoms with E-state index in [0.29, 0.717) is 18.3 Å². The van der Waals surface area contributed by atoms with Crippen molar-refractivity contribution < 1.29 is 38.1 Å². The van der Waals surface area contributed by atoms with Crippen LogP contribution in [0, 0.1) is 33.5 Å². The molecule has 10 heteroatoms. The first-order valence-electron chi connectivity index (χ1n) is 14.9. The van der Waals surface area contributed by atoms with Crippen LogP contribution in [0.4, 0.5) is 9.59 Å². The van der Waals surface area contributed by atoms with Gasteiger partial charge in [-0.3, -0.25) is 4.79 Å². The summed E-state index contributed by atoms with van der Waals surface area (Å²) < 4.78 is 22.2. The molecule has 0 aliphatic heterocycles. The maximum Gasteiger partial charge on any atom is 0.429 e. The molecular weight excluding hydrogens is 516 g/mol. The first-order valence-corrected chi connectivity index (χ1v) is 14.9. The molecule has 40 heavy (non-hydrogen) atoms. The standard InChI is InChI=1S/C30H48N2O8/c1-9-37-23(33)17-20(24(34)38-10-2)32(26(36)40-22-16-19-12-14-30(22,8)28(19,5)6)31-25(35)39-21-15-18-11-13-29(21,7)27(18,3)4/h18-22H,9-17H2,1-8H3,(H,31,35)/t18-,19-,20?,21-,22-,29+,30+/m1/s1. The Kier molecular flexibility index (Phi) is 8.15. The minimum atomic E-state index is -1.48. The summed E-state index contributed by atoms with van der Waals surface area (Å²) >= 11 is 0. The third-order valence-corrected chi connectivity index (χ3v) is 11.9. The highest BCUT2D eigenvalue weighted by atomic mass is 16.6. The fraction of sp³-hybridized carbons (Fsp3) is 0.867. The van der Waals surface area contributed by atoms with Crippen molar-refractivity contribution in [2.45, 2.75) is 119 Å². The summed E-state index contributed by atoms with van der Waals surface area (Å²) in [6.07, 6.45) is 2.42. The van der Waals surface area contributed by atoms with Gasteiger partial charge in [-0.25, -0.2) is 24.8 Å². The number of hydrazine groups is 1. The fourth-order valence-electron chi connectivity index (χ4n) is 8.20. The molecule has 4 fully saturated rings. The second-order valence-corrected chi connectivity index (χ2v) is 13.7. The largest absolute Gasteiger partial charge is 0.466 e. The van der Waals surface area contributed by atoms with E-state index in [1.807, 2.05) is 0 Å². The Hall–Kier alpha value is -2.52.